The SMILES string of the molecule is CCOc1ccc2c(c1)c(C(=O)c1ncc(-c3ccncn3)o1)c(Cl)n2Cc1ccc(Cl)cc1. The lowest BCUT2D eigenvalue weighted by molar-refractivity contribution is 0.100. The summed E-state index contributed by atoms with van der Waals surface area (Å²) < 4.78 is 13.3. The molecule has 0 spiro atoms. The maximum Gasteiger partial charge on any atom is 0.269 e. The lowest BCUT2D eigenvalue weighted by atomic mass is 10.1. The smallest absolute Gasteiger partial charge is 0.269 e. The van der Waals surface area contributed by atoms with Crippen LogP contribution < -0.4 is 4.74 Å². The molecule has 0 atom stereocenters. The molecular weight excluding hydrogens is 475 g/mol. The normalized spacial score (nSPS) is 11.1. The Morgan fingerprint density at radius 1 is 1.09 bits per heavy atom. The lowest BCUT2D eigenvalue weighted by Gasteiger charge is -2.08. The molecule has 3 aromatic heterocycles. The number of rotatable bonds is 7. The molecule has 5 rings (SSSR count). The van der Waals surface area contributed by atoms with Crippen LogP contribution >= 0.6 is 23.2 Å². The van der Waals surface area contributed by atoms with Gasteiger partial charge in [0.25, 0.3) is 11.7 Å². The molecule has 34 heavy (non-hydrogen) atoms. The molecule has 0 bridgehead atoms. The zero-order chi connectivity index (χ0) is 23.7. The molecule has 0 aliphatic rings. The third-order valence-corrected chi connectivity index (χ3v) is 5.94. The molecule has 5 aromatic rings. The fraction of sp³-hybridized carbons (Fsp3) is 0.120. The molecular formula is C25H18Cl2N4O3. The van der Waals surface area contributed by atoms with E-state index in [1.807, 2.05) is 54.0 Å². The molecule has 0 saturated heterocycles. The monoisotopic (exact) mass is 492 g/mol. The van der Waals surface area contributed by atoms with E-state index < -0.39 is 5.78 Å². The van der Waals surface area contributed by atoms with E-state index in [4.69, 9.17) is 32.4 Å². The van der Waals surface area contributed by atoms with Gasteiger partial charge < -0.3 is 13.7 Å². The first-order valence-corrected chi connectivity index (χ1v) is 11.3. The standard InChI is InChI=1S/C25H18Cl2N4O3/c1-2-33-17-7-8-20-18(11-17)22(24(27)31(20)13-15-3-5-16(26)6-4-15)23(32)25-29-12-21(34-25)19-9-10-28-14-30-19/h3-12,14H,2,13H2,1H3. The molecule has 0 amide bonds. The predicted octanol–water partition coefficient (Wildman–Crippen LogP) is 6.07. The number of hydrogen-bond acceptors (Lipinski definition) is 6. The Hall–Kier alpha value is -3.68. The van der Waals surface area contributed by atoms with E-state index in [1.165, 1.54) is 12.5 Å². The number of oxazole rings is 1. The number of hydrogen-bond donors (Lipinski definition) is 0. The van der Waals surface area contributed by atoms with E-state index in [-0.39, 0.29) is 11.0 Å². The van der Waals surface area contributed by atoms with Crippen LogP contribution in [0.2, 0.25) is 10.2 Å². The molecule has 0 aliphatic heterocycles. The number of benzene rings is 2. The Kier molecular flexibility index (Phi) is 6.04. The molecule has 0 aliphatic carbocycles. The number of ketones is 1. The first-order chi connectivity index (χ1) is 16.5. The van der Waals surface area contributed by atoms with E-state index in [2.05, 4.69) is 15.0 Å². The van der Waals surface area contributed by atoms with Crippen LogP contribution in [0.3, 0.4) is 0 Å². The second kappa shape index (κ2) is 9.29. The van der Waals surface area contributed by atoms with Crippen molar-refractivity contribution in [3.8, 4) is 17.2 Å². The maximum absolute atomic E-state index is 13.6. The topological polar surface area (TPSA) is 83.0 Å². The first kappa shape index (κ1) is 22.1. The summed E-state index contributed by atoms with van der Waals surface area (Å²) in [4.78, 5) is 25.8. The molecule has 0 unspecified atom stereocenters. The Labute approximate surface area is 204 Å². The first-order valence-electron chi connectivity index (χ1n) is 10.5. The number of aromatic nitrogens is 4. The van der Waals surface area contributed by atoms with Crippen LogP contribution in [0, 0.1) is 0 Å². The van der Waals surface area contributed by atoms with Gasteiger partial charge in [-0.3, -0.25) is 4.79 Å². The summed E-state index contributed by atoms with van der Waals surface area (Å²) in [5, 5.41) is 1.58. The fourth-order valence-electron chi connectivity index (χ4n) is 3.74. The molecule has 0 N–H and O–H groups in total. The second-order valence-corrected chi connectivity index (χ2v) is 8.24. The fourth-order valence-corrected chi connectivity index (χ4v) is 4.21. The van der Waals surface area contributed by atoms with Gasteiger partial charge in [-0.05, 0) is 48.9 Å². The van der Waals surface area contributed by atoms with Crippen LogP contribution in [0.25, 0.3) is 22.4 Å². The van der Waals surface area contributed by atoms with Crippen LogP contribution in [0.1, 0.15) is 28.7 Å². The molecule has 170 valence electrons. The van der Waals surface area contributed by atoms with Crippen molar-refractivity contribution in [2.75, 3.05) is 6.61 Å². The van der Waals surface area contributed by atoms with E-state index in [0.717, 1.165) is 11.1 Å². The Morgan fingerprint density at radius 2 is 1.91 bits per heavy atom. The predicted molar refractivity (Wildman–Crippen MR) is 130 cm³/mol. The summed E-state index contributed by atoms with van der Waals surface area (Å²) in [7, 11) is 0. The average molecular weight is 493 g/mol. The highest BCUT2D eigenvalue weighted by atomic mass is 35.5. The van der Waals surface area contributed by atoms with Crippen LogP contribution in [-0.2, 0) is 6.54 Å². The molecule has 9 heteroatoms. The van der Waals surface area contributed by atoms with Crippen molar-refractivity contribution in [2.24, 2.45) is 0 Å². The molecule has 7 nitrogen and oxygen atoms in total. The Bertz CT molecular complexity index is 1480. The van der Waals surface area contributed by atoms with Gasteiger partial charge in [0.05, 0.1) is 23.9 Å². The third kappa shape index (κ3) is 4.16. The zero-order valence-corrected chi connectivity index (χ0v) is 19.5. The minimum atomic E-state index is -0.432. The maximum atomic E-state index is 13.6. The van der Waals surface area contributed by atoms with Crippen LogP contribution in [0.15, 0.2) is 71.7 Å². The van der Waals surface area contributed by atoms with Gasteiger partial charge in [-0.15, -0.1) is 0 Å². The van der Waals surface area contributed by atoms with E-state index >= 15 is 0 Å². The van der Waals surface area contributed by atoms with E-state index in [1.54, 1.807) is 12.3 Å². The van der Waals surface area contributed by atoms with E-state index in [0.29, 0.717) is 46.3 Å². The molecule has 0 radical (unpaired) electrons. The van der Waals surface area contributed by atoms with Crippen molar-refractivity contribution in [2.45, 2.75) is 13.5 Å². The third-order valence-electron chi connectivity index (χ3n) is 5.30. The number of ether oxygens (including phenoxy) is 1. The molecule has 0 fully saturated rings. The summed E-state index contributed by atoms with van der Waals surface area (Å²) in [5.41, 5.74) is 2.59. The summed E-state index contributed by atoms with van der Waals surface area (Å²) in [5.74, 6) is 0.488. The van der Waals surface area contributed by atoms with Gasteiger partial charge >= 0.3 is 0 Å². The lowest BCUT2D eigenvalue weighted by Crippen LogP contribution is -2.04. The van der Waals surface area contributed by atoms with Gasteiger partial charge in [0.15, 0.2) is 5.76 Å². The van der Waals surface area contributed by atoms with Crippen LogP contribution in [-0.4, -0.2) is 31.9 Å². The molecule has 3 heterocycles. The van der Waals surface area contributed by atoms with Gasteiger partial charge in [0.1, 0.15) is 22.9 Å². The molecule has 0 saturated carbocycles. The quantitative estimate of drug-likeness (QED) is 0.256. The zero-order valence-electron chi connectivity index (χ0n) is 18.0. The van der Waals surface area contributed by atoms with Gasteiger partial charge in [0.2, 0.25) is 0 Å². The minimum absolute atomic E-state index is 0.0807. The summed E-state index contributed by atoms with van der Waals surface area (Å²) in [6, 6.07) is 14.7. The van der Waals surface area contributed by atoms with Crippen LogP contribution in [0.5, 0.6) is 5.75 Å². The number of nitrogens with zero attached hydrogens (tertiary/aromatic N) is 4. The number of carbonyl (C=O) groups is 1. The van der Waals surface area contributed by atoms with Gasteiger partial charge in [-0.2, -0.15) is 0 Å². The Morgan fingerprint density at radius 3 is 2.65 bits per heavy atom. The summed E-state index contributed by atoms with van der Waals surface area (Å²) in [6.07, 6.45) is 4.45. The van der Waals surface area contributed by atoms with Gasteiger partial charge in [0, 0.05) is 23.2 Å². The number of halogens is 2. The summed E-state index contributed by atoms with van der Waals surface area (Å²) >= 11 is 12.8. The average Bonchev–Trinajstić information content (AvgIpc) is 3.45. The van der Waals surface area contributed by atoms with Crippen molar-refractivity contribution >= 4 is 39.9 Å². The van der Waals surface area contributed by atoms with Crippen LogP contribution in [0.4, 0.5) is 0 Å². The highest BCUT2D eigenvalue weighted by molar-refractivity contribution is 6.36. The van der Waals surface area contributed by atoms with Crippen molar-refractivity contribution in [3.05, 3.63) is 94.4 Å². The number of carbonyl (C=O) groups excluding carboxylic acids is 1. The van der Waals surface area contributed by atoms with Crippen molar-refractivity contribution in [1.82, 2.24) is 19.5 Å². The molecule has 2 aromatic carbocycles. The number of fused-ring (bicyclic) bond motifs is 1. The highest BCUT2D eigenvalue weighted by Gasteiger charge is 2.27. The largest absolute Gasteiger partial charge is 0.494 e. The Balaban J connectivity index is 1.61. The summed E-state index contributed by atoms with van der Waals surface area (Å²) in [6.45, 7) is 2.85. The van der Waals surface area contributed by atoms with Crippen molar-refractivity contribution in [3.63, 3.8) is 0 Å². The van der Waals surface area contributed by atoms with Gasteiger partial charge in [-0.1, -0.05) is 35.3 Å². The minimum Gasteiger partial charge on any atom is -0.494 e. The second-order valence-electron chi connectivity index (χ2n) is 7.44. The van der Waals surface area contributed by atoms with Crippen molar-refractivity contribution < 1.29 is 13.9 Å². The highest BCUT2D eigenvalue weighted by Crippen LogP contribution is 2.35. The van der Waals surface area contributed by atoms with E-state index in [9.17, 15) is 4.79 Å². The van der Waals surface area contributed by atoms with Gasteiger partial charge in [-0.25, -0.2) is 15.0 Å². The van der Waals surface area contributed by atoms with Crippen molar-refractivity contribution in [1.29, 1.82) is 0 Å².